The van der Waals surface area contributed by atoms with E-state index in [4.69, 9.17) is 0 Å². The van der Waals surface area contributed by atoms with E-state index < -0.39 is 11.6 Å². The van der Waals surface area contributed by atoms with Gasteiger partial charge in [-0.15, -0.1) is 0 Å². The molecule has 0 aliphatic carbocycles. The van der Waals surface area contributed by atoms with E-state index >= 15 is 0 Å². The summed E-state index contributed by atoms with van der Waals surface area (Å²) in [7, 11) is 5.84. The van der Waals surface area contributed by atoms with Gasteiger partial charge in [-0.2, -0.15) is 0 Å². The van der Waals surface area contributed by atoms with E-state index in [1.165, 1.54) is 12.1 Å². The molecule has 6 heteroatoms. The van der Waals surface area contributed by atoms with Crippen molar-refractivity contribution in [3.8, 4) is 0 Å². The second kappa shape index (κ2) is 6.67. The van der Waals surface area contributed by atoms with Crippen LogP contribution in [-0.4, -0.2) is 30.2 Å². The number of hydrogen-bond acceptors (Lipinski definition) is 3. The lowest BCUT2D eigenvalue weighted by atomic mass is 10.1. The average molecular weight is 294 g/mol. The Morgan fingerprint density at radius 3 is 2.43 bits per heavy atom. The fourth-order valence-corrected chi connectivity index (χ4v) is 2.22. The van der Waals surface area contributed by atoms with E-state index in [1.54, 1.807) is 0 Å². The maximum atomic E-state index is 13.1. The largest absolute Gasteiger partial charge is 0.348 e. The number of aromatic nitrogens is 2. The predicted molar refractivity (Wildman–Crippen MR) is 79.3 cm³/mol. The Morgan fingerprint density at radius 2 is 1.86 bits per heavy atom. The van der Waals surface area contributed by atoms with Crippen LogP contribution in [0.4, 0.5) is 14.7 Å². The van der Waals surface area contributed by atoms with Crippen LogP contribution in [-0.2, 0) is 20.0 Å². The highest BCUT2D eigenvalue weighted by molar-refractivity contribution is 5.30. The first kappa shape index (κ1) is 15.4. The molecule has 0 aliphatic heterocycles. The number of rotatable bonds is 6. The van der Waals surface area contributed by atoms with E-state index in [0.29, 0.717) is 25.1 Å². The Bertz CT molecular complexity index is 587. The van der Waals surface area contributed by atoms with Gasteiger partial charge in [0.25, 0.3) is 0 Å². The summed E-state index contributed by atoms with van der Waals surface area (Å²) in [5.41, 5.74) is 1.71. The van der Waals surface area contributed by atoms with Gasteiger partial charge in [0, 0.05) is 33.8 Å². The van der Waals surface area contributed by atoms with Gasteiger partial charge in [-0.25, -0.2) is 13.8 Å². The van der Waals surface area contributed by atoms with Crippen molar-refractivity contribution >= 4 is 5.95 Å². The molecule has 0 unspecified atom stereocenters. The van der Waals surface area contributed by atoms with Crippen LogP contribution in [0.5, 0.6) is 0 Å². The van der Waals surface area contributed by atoms with Crippen LogP contribution in [0.25, 0.3) is 0 Å². The third kappa shape index (κ3) is 4.01. The molecule has 2 aromatic rings. The maximum Gasteiger partial charge on any atom is 0.204 e. The summed E-state index contributed by atoms with van der Waals surface area (Å²) in [6.45, 7) is 1.31. The van der Waals surface area contributed by atoms with Gasteiger partial charge in [0.05, 0.1) is 11.9 Å². The van der Waals surface area contributed by atoms with Crippen molar-refractivity contribution in [3.63, 3.8) is 0 Å². The summed E-state index contributed by atoms with van der Waals surface area (Å²) in [6, 6.07) is 3.60. The maximum absolute atomic E-state index is 13.1. The van der Waals surface area contributed by atoms with Crippen LogP contribution in [0.2, 0.25) is 0 Å². The van der Waals surface area contributed by atoms with Gasteiger partial charge < -0.3 is 14.8 Å². The minimum atomic E-state index is -0.535. The van der Waals surface area contributed by atoms with Crippen LogP contribution in [0.3, 0.4) is 0 Å². The summed E-state index contributed by atoms with van der Waals surface area (Å²) in [4.78, 5) is 6.27. The van der Waals surface area contributed by atoms with Crippen molar-refractivity contribution in [1.29, 1.82) is 0 Å². The first-order chi connectivity index (χ1) is 9.97. The number of nitrogens with zero attached hydrogens (tertiary/aromatic N) is 3. The van der Waals surface area contributed by atoms with Gasteiger partial charge in [-0.1, -0.05) is 0 Å². The summed E-state index contributed by atoms with van der Waals surface area (Å²) in [5, 5.41) is 3.26. The van der Waals surface area contributed by atoms with Crippen molar-refractivity contribution in [2.45, 2.75) is 13.0 Å². The molecule has 0 saturated heterocycles. The van der Waals surface area contributed by atoms with Crippen molar-refractivity contribution in [1.82, 2.24) is 14.9 Å². The first-order valence-electron chi connectivity index (χ1n) is 6.81. The van der Waals surface area contributed by atoms with Crippen LogP contribution < -0.4 is 10.2 Å². The van der Waals surface area contributed by atoms with E-state index in [9.17, 15) is 8.78 Å². The second-order valence-corrected chi connectivity index (χ2v) is 5.21. The fraction of sp³-hybridized carbons (Fsp3) is 0.400. The van der Waals surface area contributed by atoms with Crippen molar-refractivity contribution in [3.05, 3.63) is 47.3 Å². The van der Waals surface area contributed by atoms with Gasteiger partial charge in [0.1, 0.15) is 11.6 Å². The summed E-state index contributed by atoms with van der Waals surface area (Å²) in [6.07, 6.45) is 2.40. The molecule has 0 saturated carbocycles. The summed E-state index contributed by atoms with van der Waals surface area (Å²) < 4.78 is 28.1. The zero-order valence-electron chi connectivity index (χ0n) is 12.5. The molecule has 4 nitrogen and oxygen atoms in total. The number of nitrogens with one attached hydrogen (secondary N) is 1. The van der Waals surface area contributed by atoms with Crippen LogP contribution >= 0.6 is 0 Å². The summed E-state index contributed by atoms with van der Waals surface area (Å²) >= 11 is 0. The number of imidazole rings is 1. The standard InChI is InChI=1S/C15H20F2N4/c1-20(2)15-19-10-14(21(15)3)9-18-5-4-11-6-12(16)8-13(17)7-11/h6-8,10,18H,4-5,9H2,1-3H3. The molecule has 21 heavy (non-hydrogen) atoms. The predicted octanol–water partition coefficient (Wildman–Crippen LogP) is 2.10. The lowest BCUT2D eigenvalue weighted by Crippen LogP contribution is -2.20. The SMILES string of the molecule is CN(C)c1ncc(CNCCc2cc(F)cc(F)c2)n1C. The third-order valence-corrected chi connectivity index (χ3v) is 3.28. The zero-order chi connectivity index (χ0) is 15.4. The molecule has 1 heterocycles. The number of anilines is 1. The Kier molecular flexibility index (Phi) is 4.90. The van der Waals surface area contributed by atoms with Gasteiger partial charge in [-0.3, -0.25) is 0 Å². The van der Waals surface area contributed by atoms with E-state index in [-0.39, 0.29) is 0 Å². The molecule has 0 aliphatic rings. The minimum Gasteiger partial charge on any atom is -0.348 e. The minimum absolute atomic E-state index is 0.535. The highest BCUT2D eigenvalue weighted by Crippen LogP contribution is 2.11. The molecule has 0 radical (unpaired) electrons. The van der Waals surface area contributed by atoms with E-state index in [0.717, 1.165) is 17.7 Å². The lowest BCUT2D eigenvalue weighted by Gasteiger charge is -2.13. The molecule has 114 valence electrons. The first-order valence-corrected chi connectivity index (χ1v) is 6.81. The molecule has 1 aromatic heterocycles. The Morgan fingerprint density at radius 1 is 1.19 bits per heavy atom. The van der Waals surface area contributed by atoms with Crippen LogP contribution in [0.1, 0.15) is 11.3 Å². The molecule has 1 aromatic carbocycles. The van der Waals surface area contributed by atoms with Gasteiger partial charge in [0.2, 0.25) is 5.95 Å². The number of halogens is 2. The van der Waals surface area contributed by atoms with Gasteiger partial charge >= 0.3 is 0 Å². The summed E-state index contributed by atoms with van der Waals surface area (Å²) in [5.74, 6) is -0.182. The van der Waals surface area contributed by atoms with Crippen molar-refractivity contribution < 1.29 is 8.78 Å². The van der Waals surface area contributed by atoms with E-state index in [1.807, 2.05) is 36.8 Å². The fourth-order valence-electron chi connectivity index (χ4n) is 2.22. The second-order valence-electron chi connectivity index (χ2n) is 5.21. The molecule has 0 fully saturated rings. The monoisotopic (exact) mass is 294 g/mol. The molecular formula is C15H20F2N4. The molecule has 1 N–H and O–H groups in total. The zero-order valence-corrected chi connectivity index (χ0v) is 12.5. The topological polar surface area (TPSA) is 33.1 Å². The normalized spacial score (nSPS) is 10.9. The smallest absolute Gasteiger partial charge is 0.204 e. The van der Waals surface area contributed by atoms with Crippen LogP contribution in [0.15, 0.2) is 24.4 Å². The van der Waals surface area contributed by atoms with Crippen LogP contribution in [0, 0.1) is 11.6 Å². The van der Waals surface area contributed by atoms with Gasteiger partial charge in [0.15, 0.2) is 0 Å². The Balaban J connectivity index is 1.85. The molecule has 0 bridgehead atoms. The lowest BCUT2D eigenvalue weighted by molar-refractivity contribution is 0.577. The van der Waals surface area contributed by atoms with E-state index in [2.05, 4.69) is 10.3 Å². The number of benzene rings is 1. The quantitative estimate of drug-likeness (QED) is 0.828. The molecular weight excluding hydrogens is 274 g/mol. The molecule has 0 atom stereocenters. The molecule has 0 amide bonds. The van der Waals surface area contributed by atoms with Crippen molar-refractivity contribution in [2.24, 2.45) is 7.05 Å². The van der Waals surface area contributed by atoms with Crippen molar-refractivity contribution in [2.75, 3.05) is 25.5 Å². The Hall–Kier alpha value is -1.95. The number of hydrogen-bond donors (Lipinski definition) is 1. The third-order valence-electron chi connectivity index (χ3n) is 3.28. The Labute approximate surface area is 123 Å². The average Bonchev–Trinajstić information content (AvgIpc) is 2.75. The molecule has 2 rings (SSSR count). The van der Waals surface area contributed by atoms with Gasteiger partial charge in [-0.05, 0) is 30.7 Å². The molecule has 0 spiro atoms. The highest BCUT2D eigenvalue weighted by atomic mass is 19.1. The highest BCUT2D eigenvalue weighted by Gasteiger charge is 2.07.